The van der Waals surface area contributed by atoms with Crippen molar-refractivity contribution in [3.05, 3.63) is 23.8 Å². The van der Waals surface area contributed by atoms with Gasteiger partial charge in [0, 0.05) is 12.1 Å². The highest BCUT2D eigenvalue weighted by molar-refractivity contribution is 5.93. The lowest BCUT2D eigenvalue weighted by Gasteiger charge is -2.24. The van der Waals surface area contributed by atoms with Crippen molar-refractivity contribution in [3.8, 4) is 11.5 Å². The number of hydrogen-bond donors (Lipinski definition) is 1. The Morgan fingerprint density at radius 1 is 1.04 bits per heavy atom. The Morgan fingerprint density at radius 3 is 2.17 bits per heavy atom. The van der Waals surface area contributed by atoms with Gasteiger partial charge in [0.1, 0.15) is 11.5 Å². The number of benzene rings is 1. The molecular formula is C18H25NO5. The van der Waals surface area contributed by atoms with E-state index in [-0.39, 0.29) is 17.5 Å². The summed E-state index contributed by atoms with van der Waals surface area (Å²) in [4.78, 5) is 24.5. The highest BCUT2D eigenvalue weighted by Crippen LogP contribution is 2.23. The van der Waals surface area contributed by atoms with Gasteiger partial charge < -0.3 is 19.5 Å². The van der Waals surface area contributed by atoms with Gasteiger partial charge in [-0.25, -0.2) is 4.79 Å². The second kappa shape index (κ2) is 8.57. The molecule has 0 aromatic heterocycles. The molecule has 1 aromatic rings. The van der Waals surface area contributed by atoms with Gasteiger partial charge in [-0.15, -0.1) is 0 Å². The minimum atomic E-state index is -0.850. The van der Waals surface area contributed by atoms with Crippen LogP contribution in [0.25, 0.3) is 0 Å². The van der Waals surface area contributed by atoms with Crippen LogP contribution in [-0.4, -0.2) is 38.2 Å². The molecule has 0 aliphatic heterocycles. The number of carbonyl (C=O) groups excluding carboxylic acids is 2. The Balaban J connectivity index is 1.96. The van der Waals surface area contributed by atoms with Crippen molar-refractivity contribution in [2.75, 3.05) is 14.2 Å². The molecule has 1 aliphatic rings. The molecule has 1 N–H and O–H groups in total. The van der Waals surface area contributed by atoms with Gasteiger partial charge in [0.25, 0.3) is 5.91 Å². The number of nitrogens with one attached hydrogen (secondary N) is 1. The van der Waals surface area contributed by atoms with Gasteiger partial charge in [0.05, 0.1) is 19.8 Å². The first-order valence-corrected chi connectivity index (χ1v) is 8.28. The van der Waals surface area contributed by atoms with Crippen LogP contribution < -0.4 is 14.8 Å². The third kappa shape index (κ3) is 4.88. The van der Waals surface area contributed by atoms with Gasteiger partial charge in [-0.1, -0.05) is 19.3 Å². The minimum absolute atomic E-state index is 0.185. The summed E-state index contributed by atoms with van der Waals surface area (Å²) in [6.07, 6.45) is 4.59. The average molecular weight is 335 g/mol. The number of esters is 1. The summed E-state index contributed by atoms with van der Waals surface area (Å²) in [6.45, 7) is 1.58. The zero-order valence-electron chi connectivity index (χ0n) is 14.5. The first-order valence-electron chi connectivity index (χ1n) is 8.28. The molecule has 1 aromatic carbocycles. The Morgan fingerprint density at radius 2 is 1.62 bits per heavy atom. The highest BCUT2D eigenvalue weighted by Gasteiger charge is 2.23. The number of ether oxygens (including phenoxy) is 3. The summed E-state index contributed by atoms with van der Waals surface area (Å²) in [5, 5.41) is 2.96. The van der Waals surface area contributed by atoms with E-state index in [2.05, 4.69) is 5.32 Å². The van der Waals surface area contributed by atoms with E-state index in [1.54, 1.807) is 25.1 Å². The molecule has 0 radical (unpaired) electrons. The molecule has 2 rings (SSSR count). The van der Waals surface area contributed by atoms with Gasteiger partial charge >= 0.3 is 5.97 Å². The van der Waals surface area contributed by atoms with Crippen LogP contribution in [0.1, 0.15) is 49.4 Å². The zero-order valence-corrected chi connectivity index (χ0v) is 14.5. The first-order chi connectivity index (χ1) is 11.5. The lowest BCUT2D eigenvalue weighted by atomic mass is 9.95. The van der Waals surface area contributed by atoms with E-state index in [4.69, 9.17) is 14.2 Å². The molecule has 0 spiro atoms. The average Bonchev–Trinajstić information content (AvgIpc) is 2.61. The van der Waals surface area contributed by atoms with Crippen LogP contribution in [0.3, 0.4) is 0 Å². The molecule has 132 valence electrons. The standard InChI is InChI=1S/C18H25NO5/c1-12(17(20)19-14-7-5-4-6-8-14)24-18(21)13-9-15(22-2)11-16(10-13)23-3/h9-12,14H,4-8H2,1-3H3,(H,19,20). The molecule has 0 saturated heterocycles. The van der Waals surface area contributed by atoms with Crippen molar-refractivity contribution in [1.29, 1.82) is 0 Å². The van der Waals surface area contributed by atoms with E-state index < -0.39 is 12.1 Å². The van der Waals surface area contributed by atoms with Crippen molar-refractivity contribution in [1.82, 2.24) is 5.32 Å². The Kier molecular flexibility index (Phi) is 6.46. The Bertz CT molecular complexity index is 559. The van der Waals surface area contributed by atoms with E-state index in [0.717, 1.165) is 25.7 Å². The largest absolute Gasteiger partial charge is 0.497 e. The SMILES string of the molecule is COc1cc(OC)cc(C(=O)OC(C)C(=O)NC2CCCCC2)c1. The summed E-state index contributed by atoms with van der Waals surface area (Å²) < 4.78 is 15.5. The first kappa shape index (κ1) is 18.1. The van der Waals surface area contributed by atoms with Crippen molar-refractivity contribution in [2.24, 2.45) is 0 Å². The Labute approximate surface area is 142 Å². The predicted molar refractivity (Wildman–Crippen MR) is 89.4 cm³/mol. The molecule has 0 heterocycles. The number of rotatable bonds is 6. The van der Waals surface area contributed by atoms with E-state index in [1.165, 1.54) is 20.6 Å². The second-order valence-corrected chi connectivity index (χ2v) is 5.99. The Hall–Kier alpha value is -2.24. The van der Waals surface area contributed by atoms with E-state index in [1.807, 2.05) is 0 Å². The molecule has 1 aliphatic carbocycles. The zero-order chi connectivity index (χ0) is 17.5. The van der Waals surface area contributed by atoms with Crippen molar-refractivity contribution in [2.45, 2.75) is 51.2 Å². The predicted octanol–water partition coefficient (Wildman–Crippen LogP) is 2.70. The van der Waals surface area contributed by atoms with Crippen LogP contribution in [0.2, 0.25) is 0 Å². The number of methoxy groups -OCH3 is 2. The molecule has 1 atom stereocenters. The van der Waals surface area contributed by atoms with Gasteiger partial charge in [0.15, 0.2) is 6.10 Å². The topological polar surface area (TPSA) is 73.9 Å². The number of hydrogen-bond acceptors (Lipinski definition) is 5. The fourth-order valence-corrected chi connectivity index (χ4v) is 2.77. The lowest BCUT2D eigenvalue weighted by Crippen LogP contribution is -2.42. The molecule has 1 saturated carbocycles. The normalized spacial score (nSPS) is 16.1. The second-order valence-electron chi connectivity index (χ2n) is 5.99. The smallest absolute Gasteiger partial charge is 0.339 e. The monoisotopic (exact) mass is 335 g/mol. The van der Waals surface area contributed by atoms with Crippen LogP contribution in [-0.2, 0) is 9.53 Å². The van der Waals surface area contributed by atoms with Crippen LogP contribution in [0, 0.1) is 0 Å². The summed E-state index contributed by atoms with van der Waals surface area (Å²) in [6, 6.07) is 4.95. The van der Waals surface area contributed by atoms with Crippen LogP contribution in [0.5, 0.6) is 11.5 Å². The highest BCUT2D eigenvalue weighted by atomic mass is 16.5. The van der Waals surface area contributed by atoms with Crippen LogP contribution >= 0.6 is 0 Å². The molecule has 1 fully saturated rings. The van der Waals surface area contributed by atoms with Crippen LogP contribution in [0.4, 0.5) is 0 Å². The molecule has 1 unspecified atom stereocenters. The molecule has 1 amide bonds. The number of amides is 1. The molecule has 6 heteroatoms. The summed E-state index contributed by atoms with van der Waals surface area (Å²) in [5.41, 5.74) is 0.281. The molecule has 24 heavy (non-hydrogen) atoms. The van der Waals surface area contributed by atoms with Crippen LogP contribution in [0.15, 0.2) is 18.2 Å². The number of carbonyl (C=O) groups is 2. The van der Waals surface area contributed by atoms with E-state index in [0.29, 0.717) is 11.5 Å². The fraction of sp³-hybridized carbons (Fsp3) is 0.556. The maximum absolute atomic E-state index is 12.3. The van der Waals surface area contributed by atoms with E-state index in [9.17, 15) is 9.59 Å². The molecular weight excluding hydrogens is 310 g/mol. The molecule has 6 nitrogen and oxygen atoms in total. The quantitative estimate of drug-likeness (QED) is 0.809. The maximum atomic E-state index is 12.3. The maximum Gasteiger partial charge on any atom is 0.339 e. The molecule has 0 bridgehead atoms. The van der Waals surface area contributed by atoms with Crippen molar-refractivity contribution in [3.63, 3.8) is 0 Å². The third-order valence-electron chi connectivity index (χ3n) is 4.19. The minimum Gasteiger partial charge on any atom is -0.497 e. The summed E-state index contributed by atoms with van der Waals surface area (Å²) >= 11 is 0. The van der Waals surface area contributed by atoms with E-state index >= 15 is 0 Å². The van der Waals surface area contributed by atoms with Gasteiger partial charge in [-0.05, 0) is 31.9 Å². The van der Waals surface area contributed by atoms with Crippen molar-refractivity contribution < 1.29 is 23.8 Å². The fourth-order valence-electron chi connectivity index (χ4n) is 2.77. The van der Waals surface area contributed by atoms with Gasteiger partial charge in [-0.3, -0.25) is 4.79 Å². The summed E-state index contributed by atoms with van der Waals surface area (Å²) in [7, 11) is 3.01. The lowest BCUT2D eigenvalue weighted by molar-refractivity contribution is -0.130. The van der Waals surface area contributed by atoms with Gasteiger partial charge in [0.2, 0.25) is 0 Å². The van der Waals surface area contributed by atoms with Gasteiger partial charge in [-0.2, -0.15) is 0 Å². The van der Waals surface area contributed by atoms with Crippen molar-refractivity contribution >= 4 is 11.9 Å². The summed E-state index contributed by atoms with van der Waals surface area (Å²) in [5.74, 6) is 0.129. The third-order valence-corrected chi connectivity index (χ3v) is 4.19.